The van der Waals surface area contributed by atoms with Crippen LogP contribution in [0.3, 0.4) is 0 Å². The summed E-state index contributed by atoms with van der Waals surface area (Å²) in [5, 5.41) is 17.4. The summed E-state index contributed by atoms with van der Waals surface area (Å²) in [5.41, 5.74) is 1.80. The molecule has 1 aromatic carbocycles. The first kappa shape index (κ1) is 12.1. The summed E-state index contributed by atoms with van der Waals surface area (Å²) in [5.74, 6) is -0.825. The first-order valence-electron chi connectivity index (χ1n) is 4.65. The number of aliphatic carboxylic acids is 1. The Balaban J connectivity index is 2.90. The van der Waals surface area contributed by atoms with Crippen LogP contribution < -0.4 is 0 Å². The van der Waals surface area contributed by atoms with E-state index >= 15 is 0 Å². The van der Waals surface area contributed by atoms with Crippen LogP contribution in [0.2, 0.25) is 0 Å². The van der Waals surface area contributed by atoms with E-state index in [1.165, 1.54) is 11.8 Å². The first-order chi connectivity index (χ1) is 7.06. The Morgan fingerprint density at radius 1 is 1.53 bits per heavy atom. The number of carboxylic acid groups (broad SMARTS) is 1. The maximum Gasteiger partial charge on any atom is 0.316 e. The zero-order valence-corrected chi connectivity index (χ0v) is 9.54. The Morgan fingerprint density at radius 2 is 2.20 bits per heavy atom. The second kappa shape index (κ2) is 5.19. The number of rotatable bonds is 4. The van der Waals surface area contributed by atoms with Gasteiger partial charge in [0, 0.05) is 4.90 Å². The van der Waals surface area contributed by atoms with Gasteiger partial charge in [0.1, 0.15) is 5.25 Å². The van der Waals surface area contributed by atoms with Crippen molar-refractivity contribution in [1.29, 1.82) is 0 Å². The molecule has 0 bridgehead atoms. The van der Waals surface area contributed by atoms with Gasteiger partial charge in [0.15, 0.2) is 0 Å². The zero-order chi connectivity index (χ0) is 11.4. The molecule has 0 aliphatic rings. The fraction of sp³-hybridized carbons (Fsp3) is 0.364. The van der Waals surface area contributed by atoms with E-state index < -0.39 is 11.2 Å². The topological polar surface area (TPSA) is 57.5 Å². The van der Waals surface area contributed by atoms with Crippen molar-refractivity contribution in [3.8, 4) is 0 Å². The predicted octanol–water partition coefficient (Wildman–Crippen LogP) is 2.05. The summed E-state index contributed by atoms with van der Waals surface area (Å²) >= 11 is 1.30. The van der Waals surface area contributed by atoms with E-state index in [-0.39, 0.29) is 6.61 Å². The van der Waals surface area contributed by atoms with Crippen LogP contribution in [0.1, 0.15) is 18.1 Å². The second-order valence-corrected chi connectivity index (χ2v) is 4.68. The molecule has 1 rings (SSSR count). The Kier molecular flexibility index (Phi) is 4.17. The number of hydrogen-bond acceptors (Lipinski definition) is 3. The lowest BCUT2D eigenvalue weighted by atomic mass is 10.1. The molecule has 1 aromatic rings. The summed E-state index contributed by atoms with van der Waals surface area (Å²) in [6, 6.07) is 5.54. The van der Waals surface area contributed by atoms with Crippen LogP contribution >= 0.6 is 11.8 Å². The highest BCUT2D eigenvalue weighted by molar-refractivity contribution is 8.00. The van der Waals surface area contributed by atoms with Crippen LogP contribution in [-0.4, -0.2) is 21.4 Å². The van der Waals surface area contributed by atoms with E-state index in [0.29, 0.717) is 0 Å². The van der Waals surface area contributed by atoms with Gasteiger partial charge in [-0.1, -0.05) is 12.1 Å². The minimum Gasteiger partial charge on any atom is -0.480 e. The Hall–Kier alpha value is -1.00. The average Bonchev–Trinajstić information content (AvgIpc) is 2.21. The van der Waals surface area contributed by atoms with E-state index in [4.69, 9.17) is 10.2 Å². The number of carboxylic acids is 1. The molecular formula is C11H14O3S. The number of carbonyl (C=O) groups is 1. The molecule has 0 amide bonds. The highest BCUT2D eigenvalue weighted by Crippen LogP contribution is 2.28. The highest BCUT2D eigenvalue weighted by Gasteiger charge is 2.14. The number of aliphatic hydroxyl groups is 1. The Bertz CT molecular complexity index is 363. The molecule has 2 N–H and O–H groups in total. The summed E-state index contributed by atoms with van der Waals surface area (Å²) in [6.07, 6.45) is 0. The van der Waals surface area contributed by atoms with Crippen LogP contribution in [0, 0.1) is 6.92 Å². The van der Waals surface area contributed by atoms with Crippen molar-refractivity contribution >= 4 is 17.7 Å². The number of thioether (sulfide) groups is 1. The minimum atomic E-state index is -0.825. The zero-order valence-electron chi connectivity index (χ0n) is 8.73. The quantitative estimate of drug-likeness (QED) is 0.771. The molecule has 82 valence electrons. The number of benzene rings is 1. The van der Waals surface area contributed by atoms with Crippen molar-refractivity contribution < 1.29 is 15.0 Å². The third-order valence-electron chi connectivity index (χ3n) is 2.22. The van der Waals surface area contributed by atoms with E-state index in [9.17, 15) is 4.79 Å². The molecule has 0 aromatic heterocycles. The molecule has 0 aliphatic carbocycles. The molecule has 0 fully saturated rings. The molecule has 15 heavy (non-hydrogen) atoms. The van der Waals surface area contributed by atoms with E-state index in [2.05, 4.69) is 0 Å². The summed E-state index contributed by atoms with van der Waals surface area (Å²) in [6.45, 7) is 3.53. The summed E-state index contributed by atoms with van der Waals surface area (Å²) in [7, 11) is 0. The van der Waals surface area contributed by atoms with Crippen LogP contribution in [0.4, 0.5) is 0 Å². The van der Waals surface area contributed by atoms with Crippen molar-refractivity contribution in [2.75, 3.05) is 0 Å². The largest absolute Gasteiger partial charge is 0.480 e. The van der Waals surface area contributed by atoms with Gasteiger partial charge in [0.05, 0.1) is 6.61 Å². The number of aliphatic hydroxyl groups excluding tert-OH is 1. The van der Waals surface area contributed by atoms with Crippen molar-refractivity contribution in [3.63, 3.8) is 0 Å². The molecule has 0 saturated carbocycles. The molecule has 3 nitrogen and oxygen atoms in total. The highest BCUT2D eigenvalue weighted by atomic mass is 32.2. The van der Waals surface area contributed by atoms with E-state index in [1.807, 2.05) is 25.1 Å². The molecule has 1 unspecified atom stereocenters. The van der Waals surface area contributed by atoms with Crippen molar-refractivity contribution in [1.82, 2.24) is 0 Å². The Labute approximate surface area is 93.1 Å². The van der Waals surface area contributed by atoms with Crippen LogP contribution in [0.25, 0.3) is 0 Å². The molecule has 0 heterocycles. The lowest BCUT2D eigenvalue weighted by Gasteiger charge is -2.11. The minimum absolute atomic E-state index is 0.0122. The Morgan fingerprint density at radius 3 is 2.73 bits per heavy atom. The van der Waals surface area contributed by atoms with Crippen molar-refractivity contribution in [2.24, 2.45) is 0 Å². The van der Waals surface area contributed by atoms with Crippen LogP contribution in [0.15, 0.2) is 23.1 Å². The average molecular weight is 226 g/mol. The fourth-order valence-electron chi connectivity index (χ4n) is 1.20. The molecule has 0 aliphatic heterocycles. The molecule has 4 heteroatoms. The molecule has 0 radical (unpaired) electrons. The first-order valence-corrected chi connectivity index (χ1v) is 5.53. The normalized spacial score (nSPS) is 12.5. The molecule has 0 spiro atoms. The van der Waals surface area contributed by atoms with Crippen LogP contribution in [-0.2, 0) is 11.4 Å². The molecular weight excluding hydrogens is 212 g/mol. The van der Waals surface area contributed by atoms with Gasteiger partial charge in [0.2, 0.25) is 0 Å². The fourth-order valence-corrected chi connectivity index (χ4v) is 2.15. The monoisotopic (exact) mass is 226 g/mol. The smallest absolute Gasteiger partial charge is 0.316 e. The van der Waals surface area contributed by atoms with Crippen LogP contribution in [0.5, 0.6) is 0 Å². The summed E-state index contributed by atoms with van der Waals surface area (Å²) < 4.78 is 0. The van der Waals surface area contributed by atoms with Gasteiger partial charge in [-0.25, -0.2) is 0 Å². The van der Waals surface area contributed by atoms with Gasteiger partial charge >= 0.3 is 5.97 Å². The van der Waals surface area contributed by atoms with Gasteiger partial charge in [-0.15, -0.1) is 11.8 Å². The third kappa shape index (κ3) is 2.97. The van der Waals surface area contributed by atoms with Crippen molar-refractivity contribution in [2.45, 2.75) is 30.6 Å². The standard InChI is InChI=1S/C11H14O3S/c1-7-9(6-12)4-3-5-10(7)15-8(2)11(13)14/h3-5,8,12H,6H2,1-2H3,(H,13,14). The third-order valence-corrected chi connectivity index (χ3v) is 3.47. The predicted molar refractivity (Wildman–Crippen MR) is 60.1 cm³/mol. The van der Waals surface area contributed by atoms with Gasteiger partial charge < -0.3 is 10.2 Å². The van der Waals surface area contributed by atoms with Gasteiger partial charge in [0.25, 0.3) is 0 Å². The SMILES string of the molecule is Cc1c(CO)cccc1SC(C)C(=O)O. The molecule has 0 saturated heterocycles. The lowest BCUT2D eigenvalue weighted by Crippen LogP contribution is -2.11. The summed E-state index contributed by atoms with van der Waals surface area (Å²) in [4.78, 5) is 11.6. The maximum atomic E-state index is 10.7. The number of hydrogen-bond donors (Lipinski definition) is 2. The van der Waals surface area contributed by atoms with Gasteiger partial charge in [-0.2, -0.15) is 0 Å². The van der Waals surface area contributed by atoms with Crippen molar-refractivity contribution in [3.05, 3.63) is 29.3 Å². The maximum absolute atomic E-state index is 10.7. The van der Waals surface area contributed by atoms with Gasteiger partial charge in [-0.05, 0) is 31.0 Å². The van der Waals surface area contributed by atoms with Gasteiger partial charge in [-0.3, -0.25) is 4.79 Å². The molecule has 1 atom stereocenters. The van der Waals surface area contributed by atoms with E-state index in [0.717, 1.165) is 16.0 Å². The van der Waals surface area contributed by atoms with E-state index in [1.54, 1.807) is 6.92 Å². The second-order valence-electron chi connectivity index (χ2n) is 3.30. The lowest BCUT2D eigenvalue weighted by molar-refractivity contribution is -0.136.